The van der Waals surface area contributed by atoms with E-state index in [-0.39, 0.29) is 28.4 Å². The summed E-state index contributed by atoms with van der Waals surface area (Å²) in [4.78, 5) is 46.6. The van der Waals surface area contributed by atoms with Gasteiger partial charge < -0.3 is 18.9 Å². The summed E-state index contributed by atoms with van der Waals surface area (Å²) in [5.41, 5.74) is 0.497. The first-order valence-electron chi connectivity index (χ1n) is 11.9. The lowest BCUT2D eigenvalue weighted by Crippen LogP contribution is -2.08. The molecule has 212 valence electrons. The van der Waals surface area contributed by atoms with Gasteiger partial charge in [-0.1, -0.05) is 50.6 Å². The second-order valence-electron chi connectivity index (χ2n) is 8.09. The molecule has 0 saturated heterocycles. The molecule has 0 fully saturated rings. The molecule has 0 aliphatic rings. The first kappa shape index (κ1) is 30.6. The monoisotopic (exact) mass is 572 g/mol. The summed E-state index contributed by atoms with van der Waals surface area (Å²) < 4.78 is 50.4. The van der Waals surface area contributed by atoms with E-state index in [1.807, 2.05) is 0 Å². The van der Waals surface area contributed by atoms with Gasteiger partial charge in [-0.3, -0.25) is 0 Å². The van der Waals surface area contributed by atoms with Gasteiger partial charge in [0.2, 0.25) is 0 Å². The zero-order chi connectivity index (χ0) is 30.8. The van der Waals surface area contributed by atoms with Crippen LogP contribution < -0.4 is 18.9 Å². The van der Waals surface area contributed by atoms with Crippen molar-refractivity contribution in [2.75, 3.05) is 0 Å². The highest BCUT2D eigenvalue weighted by molar-refractivity contribution is 5.86. The van der Waals surface area contributed by atoms with Crippen molar-refractivity contribution in [3.8, 4) is 34.1 Å². The second kappa shape index (κ2) is 13.9. The minimum atomic E-state index is -0.982. The Morgan fingerprint density at radius 1 is 0.548 bits per heavy atom. The largest absolute Gasteiger partial charge is 0.423 e. The van der Waals surface area contributed by atoms with Gasteiger partial charge >= 0.3 is 23.9 Å². The summed E-state index contributed by atoms with van der Waals surface area (Å²) in [6.45, 7) is 13.2. The van der Waals surface area contributed by atoms with E-state index in [1.54, 1.807) is 0 Å². The Bertz CT molecular complexity index is 1610. The number of carbonyl (C=O) groups excluding carboxylic acids is 4. The van der Waals surface area contributed by atoms with Gasteiger partial charge in [-0.15, -0.1) is 0 Å². The molecule has 42 heavy (non-hydrogen) atoms. The summed E-state index contributed by atoms with van der Waals surface area (Å²) in [6, 6.07) is 10.3. The third-order valence-electron chi connectivity index (χ3n) is 5.23. The molecular formula is C32H22F2O8. The molecule has 0 aliphatic carbocycles. The maximum atomic E-state index is 15.2. The topological polar surface area (TPSA) is 105 Å². The van der Waals surface area contributed by atoms with Gasteiger partial charge in [0.05, 0.1) is 0 Å². The predicted molar refractivity (Wildman–Crippen MR) is 150 cm³/mol. The molecular weight excluding hydrogens is 550 g/mol. The Morgan fingerprint density at radius 3 is 1.52 bits per heavy atom. The molecule has 3 aromatic rings. The van der Waals surface area contributed by atoms with E-state index in [1.165, 1.54) is 42.5 Å². The molecule has 8 nitrogen and oxygen atoms in total. The molecule has 3 aromatic carbocycles. The summed E-state index contributed by atoms with van der Waals surface area (Å²) in [5.74, 6) is -5.73. The minimum Gasteiger partial charge on any atom is -0.423 e. The molecule has 0 bridgehead atoms. The molecule has 0 unspecified atom stereocenters. The van der Waals surface area contributed by atoms with Gasteiger partial charge in [-0.05, 0) is 35.4 Å². The van der Waals surface area contributed by atoms with Crippen LogP contribution in [0, 0.1) is 11.6 Å². The Kier molecular flexibility index (Phi) is 10.2. The summed E-state index contributed by atoms with van der Waals surface area (Å²) in [7, 11) is 0. The maximum absolute atomic E-state index is 15.2. The van der Waals surface area contributed by atoms with Crippen molar-refractivity contribution < 1.29 is 46.9 Å². The molecule has 0 aliphatic heterocycles. The maximum Gasteiger partial charge on any atom is 0.335 e. The van der Waals surface area contributed by atoms with Crippen molar-refractivity contribution in [3.63, 3.8) is 0 Å². The molecule has 0 atom stereocenters. The van der Waals surface area contributed by atoms with Crippen molar-refractivity contribution in [3.05, 3.63) is 122 Å². The van der Waals surface area contributed by atoms with Gasteiger partial charge in [0.15, 0.2) is 11.6 Å². The molecule has 0 spiro atoms. The van der Waals surface area contributed by atoms with Crippen molar-refractivity contribution in [1.29, 1.82) is 0 Å². The van der Waals surface area contributed by atoms with E-state index >= 15 is 8.78 Å². The normalized spacial score (nSPS) is 10.3. The fourth-order valence-corrected chi connectivity index (χ4v) is 3.35. The van der Waals surface area contributed by atoms with Gasteiger partial charge in [0.1, 0.15) is 23.1 Å². The van der Waals surface area contributed by atoms with Crippen molar-refractivity contribution in [2.45, 2.75) is 0 Å². The molecule has 0 amide bonds. The predicted octanol–water partition coefficient (Wildman–Crippen LogP) is 6.17. The molecule has 10 heteroatoms. The van der Waals surface area contributed by atoms with Crippen molar-refractivity contribution in [1.82, 2.24) is 0 Å². The third-order valence-corrected chi connectivity index (χ3v) is 5.23. The van der Waals surface area contributed by atoms with Crippen LogP contribution in [-0.4, -0.2) is 23.9 Å². The quantitative estimate of drug-likeness (QED) is 0.116. The molecule has 0 heterocycles. The van der Waals surface area contributed by atoms with Crippen LogP contribution in [0.1, 0.15) is 11.1 Å². The SMILES string of the molecule is C=CC(=O)Oc1cc(OC(=O)C=C)cc(-c2ccc(/C=C/c3cc(OC(=O)C=C)cc(OC(=O)C=C)c3F)c(F)c2)c1. The summed E-state index contributed by atoms with van der Waals surface area (Å²) in [5, 5.41) is 0. The van der Waals surface area contributed by atoms with Crippen LogP contribution in [0.2, 0.25) is 0 Å². The Labute approximate surface area is 239 Å². The van der Waals surface area contributed by atoms with Gasteiger partial charge in [-0.25, -0.2) is 28.0 Å². The van der Waals surface area contributed by atoms with Crippen molar-refractivity contribution >= 4 is 36.0 Å². The molecule has 0 aromatic heterocycles. The third kappa shape index (κ3) is 8.06. The standard InChI is InChI=1S/C32H22F2O8/c1-5-28(35)39-23-14-22(15-24(17-23)40-29(36)6-2)20-11-9-19(26(33)16-20)10-12-21-13-25(41-30(37)7-3)18-27(32(21)34)42-31(38)8-4/h5-18H,1-4H2/b12-10+. The lowest BCUT2D eigenvalue weighted by molar-refractivity contribution is -0.130. The number of hydrogen-bond donors (Lipinski definition) is 0. The average molecular weight is 573 g/mol. The first-order valence-corrected chi connectivity index (χ1v) is 11.9. The number of halogens is 2. The van der Waals surface area contributed by atoms with E-state index in [9.17, 15) is 19.2 Å². The lowest BCUT2D eigenvalue weighted by atomic mass is 10.0. The summed E-state index contributed by atoms with van der Waals surface area (Å²) >= 11 is 0. The highest BCUT2D eigenvalue weighted by Gasteiger charge is 2.16. The Balaban J connectivity index is 1.99. The lowest BCUT2D eigenvalue weighted by Gasteiger charge is -2.11. The number of rotatable bonds is 11. The molecule has 0 saturated carbocycles. The first-order chi connectivity index (χ1) is 20.1. The van der Waals surface area contributed by atoms with Crippen LogP contribution in [0.15, 0.2) is 99.2 Å². The van der Waals surface area contributed by atoms with Crippen LogP contribution in [0.5, 0.6) is 23.0 Å². The van der Waals surface area contributed by atoms with Crippen LogP contribution in [-0.2, 0) is 19.2 Å². The highest BCUT2D eigenvalue weighted by Crippen LogP contribution is 2.33. The molecule has 0 radical (unpaired) electrons. The number of ether oxygens (including phenoxy) is 4. The second-order valence-corrected chi connectivity index (χ2v) is 8.09. The zero-order valence-corrected chi connectivity index (χ0v) is 21.9. The van der Waals surface area contributed by atoms with Crippen LogP contribution in [0.4, 0.5) is 8.78 Å². The van der Waals surface area contributed by atoms with E-state index in [4.69, 9.17) is 18.9 Å². The fraction of sp³-hybridized carbons (Fsp3) is 0. The molecule has 3 rings (SSSR count). The number of hydrogen-bond acceptors (Lipinski definition) is 8. The number of esters is 4. The van der Waals surface area contributed by atoms with Gasteiger partial charge in [0, 0.05) is 47.6 Å². The Morgan fingerprint density at radius 2 is 1.02 bits per heavy atom. The van der Waals surface area contributed by atoms with Crippen molar-refractivity contribution in [2.24, 2.45) is 0 Å². The highest BCUT2D eigenvalue weighted by atomic mass is 19.1. The number of benzene rings is 3. The van der Waals surface area contributed by atoms with E-state index in [2.05, 4.69) is 26.3 Å². The van der Waals surface area contributed by atoms with E-state index < -0.39 is 41.3 Å². The zero-order valence-electron chi connectivity index (χ0n) is 21.9. The number of carbonyl (C=O) groups is 4. The smallest absolute Gasteiger partial charge is 0.335 e. The van der Waals surface area contributed by atoms with E-state index in [0.717, 1.165) is 42.5 Å². The van der Waals surface area contributed by atoms with E-state index in [0.29, 0.717) is 11.1 Å². The van der Waals surface area contributed by atoms with Crippen LogP contribution in [0.3, 0.4) is 0 Å². The molecule has 0 N–H and O–H groups in total. The van der Waals surface area contributed by atoms with Gasteiger partial charge in [-0.2, -0.15) is 0 Å². The Hall–Kier alpha value is -5.90. The average Bonchev–Trinajstić information content (AvgIpc) is 2.97. The summed E-state index contributed by atoms with van der Waals surface area (Å²) in [6.07, 6.45) is 6.02. The van der Waals surface area contributed by atoms with Crippen LogP contribution in [0.25, 0.3) is 23.3 Å². The van der Waals surface area contributed by atoms with Gasteiger partial charge in [0.25, 0.3) is 0 Å². The fourth-order valence-electron chi connectivity index (χ4n) is 3.35. The van der Waals surface area contributed by atoms with Crippen LogP contribution >= 0.6 is 0 Å². The minimum absolute atomic E-state index is 0.00844.